The second-order valence-electron chi connectivity index (χ2n) is 4.03. The van der Waals surface area contributed by atoms with Crippen LogP contribution in [0.15, 0.2) is 48.5 Å². The lowest BCUT2D eigenvalue weighted by atomic mass is 9.98. The average Bonchev–Trinajstić information content (AvgIpc) is 2.45. The molecule has 0 spiro atoms. The van der Waals surface area contributed by atoms with E-state index in [0.717, 1.165) is 6.07 Å². The fourth-order valence-corrected chi connectivity index (χ4v) is 1.89. The molecule has 1 amide bonds. The maximum Gasteiger partial charge on any atom is 0.573 e. The molecule has 0 aliphatic heterocycles. The summed E-state index contributed by atoms with van der Waals surface area (Å²) >= 11 is 0. The van der Waals surface area contributed by atoms with Crippen molar-refractivity contribution in [2.45, 2.75) is 6.36 Å². The average molecular weight is 297 g/mol. The Morgan fingerprint density at radius 2 is 1.71 bits per heavy atom. The monoisotopic (exact) mass is 297 g/mol. The van der Waals surface area contributed by atoms with E-state index in [4.69, 9.17) is 5.21 Å². The Bertz CT molecular complexity index is 642. The highest BCUT2D eigenvalue weighted by Crippen LogP contribution is 2.36. The minimum Gasteiger partial charge on any atom is -0.405 e. The zero-order valence-electron chi connectivity index (χ0n) is 10.5. The van der Waals surface area contributed by atoms with Crippen LogP contribution < -0.4 is 10.2 Å². The highest BCUT2D eigenvalue weighted by Gasteiger charge is 2.33. The Morgan fingerprint density at radius 3 is 2.29 bits per heavy atom. The Hall–Kier alpha value is -2.54. The molecule has 0 heterocycles. The van der Waals surface area contributed by atoms with Gasteiger partial charge in [0.2, 0.25) is 0 Å². The summed E-state index contributed by atoms with van der Waals surface area (Å²) in [7, 11) is 0. The third-order valence-corrected chi connectivity index (χ3v) is 2.66. The molecular weight excluding hydrogens is 287 g/mol. The maximum atomic E-state index is 12.5. The predicted octanol–water partition coefficient (Wildman–Crippen LogP) is 3.37. The van der Waals surface area contributed by atoms with Gasteiger partial charge in [-0.25, -0.2) is 5.48 Å². The van der Waals surface area contributed by atoms with Crippen molar-refractivity contribution >= 4 is 5.91 Å². The summed E-state index contributed by atoms with van der Waals surface area (Å²) in [5.74, 6) is -1.45. The van der Waals surface area contributed by atoms with E-state index in [2.05, 4.69) is 4.74 Å². The van der Waals surface area contributed by atoms with Crippen LogP contribution >= 0.6 is 0 Å². The van der Waals surface area contributed by atoms with Crippen LogP contribution in [0.4, 0.5) is 13.2 Å². The summed E-state index contributed by atoms with van der Waals surface area (Å²) in [4.78, 5) is 11.6. The van der Waals surface area contributed by atoms with E-state index in [1.807, 2.05) is 0 Å². The number of rotatable bonds is 3. The molecule has 0 aromatic heterocycles. The highest BCUT2D eigenvalue weighted by atomic mass is 19.4. The van der Waals surface area contributed by atoms with Gasteiger partial charge in [0.25, 0.3) is 5.91 Å². The van der Waals surface area contributed by atoms with Crippen molar-refractivity contribution in [1.82, 2.24) is 5.48 Å². The molecule has 0 unspecified atom stereocenters. The first-order chi connectivity index (χ1) is 9.92. The predicted molar refractivity (Wildman–Crippen MR) is 67.8 cm³/mol. The Balaban J connectivity index is 2.64. The molecule has 0 atom stereocenters. The number of amides is 1. The van der Waals surface area contributed by atoms with Gasteiger partial charge in [-0.15, -0.1) is 13.2 Å². The van der Waals surface area contributed by atoms with Gasteiger partial charge in [-0.3, -0.25) is 10.0 Å². The lowest BCUT2D eigenvalue weighted by Gasteiger charge is -2.16. The first kappa shape index (κ1) is 14.9. The van der Waals surface area contributed by atoms with Crippen molar-refractivity contribution < 1.29 is 27.9 Å². The van der Waals surface area contributed by atoms with Crippen LogP contribution in [0.25, 0.3) is 11.1 Å². The van der Waals surface area contributed by atoms with Gasteiger partial charge in [0, 0.05) is 5.56 Å². The van der Waals surface area contributed by atoms with E-state index in [1.54, 1.807) is 18.2 Å². The number of carbonyl (C=O) groups is 1. The number of halogens is 3. The van der Waals surface area contributed by atoms with Crippen LogP contribution in [0.3, 0.4) is 0 Å². The molecule has 0 aliphatic rings. The molecule has 4 nitrogen and oxygen atoms in total. The number of ether oxygens (including phenoxy) is 1. The van der Waals surface area contributed by atoms with Gasteiger partial charge in [0.05, 0.1) is 5.56 Å². The van der Waals surface area contributed by atoms with Crippen molar-refractivity contribution in [2.24, 2.45) is 0 Å². The first-order valence-corrected chi connectivity index (χ1v) is 5.81. The van der Waals surface area contributed by atoms with Crippen molar-refractivity contribution in [1.29, 1.82) is 0 Å². The fourth-order valence-electron chi connectivity index (χ4n) is 1.89. The standard InChI is InChI=1S/C14H10F3NO3/c15-14(16,17)21-11-8-4-7-10(13(19)18-20)12(11)9-5-2-1-3-6-9/h1-8,20H,(H,18,19). The Morgan fingerprint density at radius 1 is 1.05 bits per heavy atom. The van der Waals surface area contributed by atoms with Gasteiger partial charge in [-0.2, -0.15) is 0 Å². The molecule has 0 radical (unpaired) electrons. The van der Waals surface area contributed by atoms with Crippen LogP contribution in [-0.4, -0.2) is 17.5 Å². The largest absolute Gasteiger partial charge is 0.573 e. The lowest BCUT2D eigenvalue weighted by Crippen LogP contribution is -2.21. The summed E-state index contributed by atoms with van der Waals surface area (Å²) in [5, 5.41) is 8.72. The van der Waals surface area contributed by atoms with E-state index < -0.39 is 18.0 Å². The summed E-state index contributed by atoms with van der Waals surface area (Å²) in [6, 6.07) is 11.6. The number of hydrogen-bond acceptors (Lipinski definition) is 3. The van der Waals surface area contributed by atoms with Gasteiger partial charge in [0.1, 0.15) is 5.75 Å². The first-order valence-electron chi connectivity index (χ1n) is 5.81. The fraction of sp³-hybridized carbons (Fsp3) is 0.0714. The highest BCUT2D eigenvalue weighted by molar-refractivity contribution is 6.01. The normalized spacial score (nSPS) is 11.0. The number of carbonyl (C=O) groups excluding carboxylic acids is 1. The summed E-state index contributed by atoms with van der Waals surface area (Å²) in [6.07, 6.45) is -4.89. The van der Waals surface area contributed by atoms with Gasteiger partial charge >= 0.3 is 6.36 Å². The number of alkyl halides is 3. The molecule has 2 rings (SSSR count). The van der Waals surface area contributed by atoms with Crippen LogP contribution in [0.5, 0.6) is 5.75 Å². The smallest absolute Gasteiger partial charge is 0.405 e. The van der Waals surface area contributed by atoms with Crippen LogP contribution in [0.1, 0.15) is 10.4 Å². The summed E-state index contributed by atoms with van der Waals surface area (Å²) in [5.41, 5.74) is 1.58. The van der Waals surface area contributed by atoms with Gasteiger partial charge in [-0.1, -0.05) is 36.4 Å². The molecule has 110 valence electrons. The summed E-state index contributed by atoms with van der Waals surface area (Å²) in [6.45, 7) is 0. The Kier molecular flexibility index (Phi) is 4.13. The van der Waals surface area contributed by atoms with Crippen molar-refractivity contribution in [3.63, 3.8) is 0 Å². The van der Waals surface area contributed by atoms with Crippen molar-refractivity contribution in [2.75, 3.05) is 0 Å². The molecular formula is C14H10F3NO3. The third-order valence-electron chi connectivity index (χ3n) is 2.66. The molecule has 2 aromatic carbocycles. The minimum absolute atomic E-state index is 0.0537. The number of hydroxylamine groups is 1. The minimum atomic E-state index is -4.89. The quantitative estimate of drug-likeness (QED) is 0.674. The zero-order valence-corrected chi connectivity index (χ0v) is 10.5. The van der Waals surface area contributed by atoms with E-state index in [9.17, 15) is 18.0 Å². The van der Waals surface area contributed by atoms with Crippen LogP contribution in [0, 0.1) is 0 Å². The number of benzene rings is 2. The molecule has 0 saturated carbocycles. The molecule has 7 heteroatoms. The second kappa shape index (κ2) is 5.84. The third kappa shape index (κ3) is 3.51. The van der Waals surface area contributed by atoms with Crippen molar-refractivity contribution in [3.8, 4) is 16.9 Å². The van der Waals surface area contributed by atoms with Gasteiger partial charge in [0.15, 0.2) is 0 Å². The molecule has 2 N–H and O–H groups in total. The molecule has 2 aromatic rings. The number of hydrogen-bond donors (Lipinski definition) is 2. The molecule has 0 saturated heterocycles. The van der Waals surface area contributed by atoms with Crippen molar-refractivity contribution in [3.05, 3.63) is 54.1 Å². The SMILES string of the molecule is O=C(NO)c1cccc(OC(F)(F)F)c1-c1ccccc1. The van der Waals surface area contributed by atoms with E-state index in [-0.39, 0.29) is 11.1 Å². The summed E-state index contributed by atoms with van der Waals surface area (Å²) < 4.78 is 41.4. The van der Waals surface area contributed by atoms with E-state index in [0.29, 0.717) is 5.56 Å². The maximum absolute atomic E-state index is 12.5. The molecule has 0 aliphatic carbocycles. The molecule has 0 fully saturated rings. The zero-order chi connectivity index (χ0) is 15.5. The van der Waals surface area contributed by atoms with Gasteiger partial charge in [-0.05, 0) is 17.7 Å². The van der Waals surface area contributed by atoms with E-state index >= 15 is 0 Å². The number of nitrogens with one attached hydrogen (secondary N) is 1. The topological polar surface area (TPSA) is 58.6 Å². The molecule has 0 bridgehead atoms. The van der Waals surface area contributed by atoms with Crippen LogP contribution in [0.2, 0.25) is 0 Å². The molecule has 21 heavy (non-hydrogen) atoms. The Labute approximate surface area is 117 Å². The van der Waals surface area contributed by atoms with E-state index in [1.165, 1.54) is 29.7 Å². The van der Waals surface area contributed by atoms with Gasteiger partial charge < -0.3 is 4.74 Å². The lowest BCUT2D eigenvalue weighted by molar-refractivity contribution is -0.274. The van der Waals surface area contributed by atoms with Crippen LogP contribution in [-0.2, 0) is 0 Å². The second-order valence-corrected chi connectivity index (χ2v) is 4.03.